The third kappa shape index (κ3) is 1.03. The summed E-state index contributed by atoms with van der Waals surface area (Å²) in [4.78, 5) is 14.8. The zero-order valence-corrected chi connectivity index (χ0v) is 6.93. The highest BCUT2D eigenvalue weighted by Gasteiger charge is 2.10. The van der Waals surface area contributed by atoms with Gasteiger partial charge in [-0.2, -0.15) is 0 Å². The summed E-state index contributed by atoms with van der Waals surface area (Å²) in [6.07, 6.45) is 2.92. The number of amides is 1. The van der Waals surface area contributed by atoms with Gasteiger partial charge in [-0.3, -0.25) is 9.20 Å². The average molecular weight is 177 g/mol. The Morgan fingerprint density at radius 1 is 1.54 bits per heavy atom. The minimum absolute atomic E-state index is 0.281. The van der Waals surface area contributed by atoms with Gasteiger partial charge in [0.15, 0.2) is 5.65 Å². The van der Waals surface area contributed by atoms with Gasteiger partial charge in [0.1, 0.15) is 17.7 Å². The third-order valence-electron chi connectivity index (χ3n) is 1.76. The molecule has 0 spiro atoms. The fourth-order valence-electron chi connectivity index (χ4n) is 1.10. The molecule has 13 heavy (non-hydrogen) atoms. The Morgan fingerprint density at radius 3 is 3.00 bits per heavy atom. The summed E-state index contributed by atoms with van der Waals surface area (Å²) in [5, 5.41) is 7.62. The smallest absolute Gasteiger partial charge is 0.254 e. The van der Waals surface area contributed by atoms with Crippen molar-refractivity contribution in [2.45, 2.75) is 6.92 Å². The van der Waals surface area contributed by atoms with Crippen molar-refractivity contribution in [3.63, 3.8) is 0 Å². The number of aromatic nitrogens is 4. The van der Waals surface area contributed by atoms with Crippen LogP contribution in [-0.2, 0) is 0 Å². The largest absolute Gasteiger partial charge is 0.365 e. The first-order valence-electron chi connectivity index (χ1n) is 3.65. The second-order valence-electron chi connectivity index (χ2n) is 2.61. The molecule has 0 saturated carbocycles. The van der Waals surface area contributed by atoms with Crippen LogP contribution in [0, 0.1) is 6.92 Å². The number of nitrogens with zero attached hydrogens (tertiary/aromatic N) is 4. The molecule has 0 aromatic carbocycles. The summed E-state index contributed by atoms with van der Waals surface area (Å²) in [5.74, 6) is 0.121. The summed E-state index contributed by atoms with van der Waals surface area (Å²) in [6.45, 7) is 1.77. The van der Waals surface area contributed by atoms with Crippen LogP contribution in [-0.4, -0.2) is 25.5 Å². The van der Waals surface area contributed by atoms with Crippen LogP contribution in [0.2, 0.25) is 0 Å². The van der Waals surface area contributed by atoms with Gasteiger partial charge in [0, 0.05) is 6.20 Å². The Bertz CT molecular complexity index is 475. The Labute approximate surface area is 73.4 Å². The van der Waals surface area contributed by atoms with Crippen molar-refractivity contribution < 1.29 is 4.79 Å². The fourth-order valence-corrected chi connectivity index (χ4v) is 1.10. The third-order valence-corrected chi connectivity index (χ3v) is 1.76. The zero-order chi connectivity index (χ0) is 9.42. The van der Waals surface area contributed by atoms with Crippen LogP contribution in [0.15, 0.2) is 12.5 Å². The number of nitrogens with two attached hydrogens (primary N) is 1. The van der Waals surface area contributed by atoms with Gasteiger partial charge in [-0.25, -0.2) is 4.98 Å². The van der Waals surface area contributed by atoms with Crippen LogP contribution < -0.4 is 5.73 Å². The highest BCUT2D eigenvalue weighted by Crippen LogP contribution is 2.06. The summed E-state index contributed by atoms with van der Waals surface area (Å²) in [5.41, 5.74) is 5.85. The highest BCUT2D eigenvalue weighted by atomic mass is 16.1. The standard InChI is InChI=1S/C7H7N5O/c1-4-10-11-7-5(6(8)13)2-9-3-12(4)7/h2-3H,1H3,(H2,8,13). The molecule has 2 N–H and O–H groups in total. The first-order chi connectivity index (χ1) is 6.20. The number of carbonyl (C=O) groups is 1. The molecule has 2 aromatic rings. The Kier molecular flexibility index (Phi) is 1.48. The zero-order valence-electron chi connectivity index (χ0n) is 6.93. The molecule has 0 saturated heterocycles. The van der Waals surface area contributed by atoms with Crippen molar-refractivity contribution in [3.05, 3.63) is 23.9 Å². The Hall–Kier alpha value is -1.98. The first-order valence-corrected chi connectivity index (χ1v) is 3.65. The van der Waals surface area contributed by atoms with Crippen LogP contribution in [0.5, 0.6) is 0 Å². The first kappa shape index (κ1) is 7.66. The second-order valence-corrected chi connectivity index (χ2v) is 2.61. The van der Waals surface area contributed by atoms with E-state index in [0.29, 0.717) is 11.5 Å². The number of primary amides is 1. The van der Waals surface area contributed by atoms with Gasteiger partial charge >= 0.3 is 0 Å². The van der Waals surface area contributed by atoms with E-state index < -0.39 is 5.91 Å². The molecule has 6 nitrogen and oxygen atoms in total. The van der Waals surface area contributed by atoms with Crippen LogP contribution in [0.4, 0.5) is 0 Å². The molecule has 1 amide bonds. The summed E-state index contributed by atoms with van der Waals surface area (Å²) in [7, 11) is 0. The Morgan fingerprint density at radius 2 is 2.31 bits per heavy atom. The van der Waals surface area contributed by atoms with Gasteiger partial charge in [0.25, 0.3) is 5.91 Å². The molecule has 2 heterocycles. The molecular formula is C7H7N5O. The van der Waals surface area contributed by atoms with Crippen LogP contribution >= 0.6 is 0 Å². The maximum atomic E-state index is 10.9. The molecule has 0 aliphatic carbocycles. The molecule has 0 atom stereocenters. The van der Waals surface area contributed by atoms with Crippen molar-refractivity contribution in [2.24, 2.45) is 5.73 Å². The second kappa shape index (κ2) is 2.51. The lowest BCUT2D eigenvalue weighted by Crippen LogP contribution is -2.13. The van der Waals surface area contributed by atoms with Gasteiger partial charge in [0.2, 0.25) is 0 Å². The van der Waals surface area contributed by atoms with E-state index in [0.717, 1.165) is 0 Å². The average Bonchev–Trinajstić information content (AvgIpc) is 2.48. The van der Waals surface area contributed by atoms with Crippen LogP contribution in [0.1, 0.15) is 16.2 Å². The summed E-state index contributed by atoms with van der Waals surface area (Å²) < 4.78 is 1.61. The van der Waals surface area contributed by atoms with Gasteiger partial charge in [-0.15, -0.1) is 10.2 Å². The molecule has 0 radical (unpaired) electrons. The van der Waals surface area contributed by atoms with Gasteiger partial charge in [0.05, 0.1) is 0 Å². The van der Waals surface area contributed by atoms with Gasteiger partial charge in [-0.05, 0) is 6.92 Å². The lowest BCUT2D eigenvalue weighted by Gasteiger charge is -1.96. The molecule has 6 heteroatoms. The lowest BCUT2D eigenvalue weighted by molar-refractivity contribution is 0.100. The van der Waals surface area contributed by atoms with E-state index in [9.17, 15) is 4.79 Å². The van der Waals surface area contributed by atoms with E-state index in [4.69, 9.17) is 5.73 Å². The number of rotatable bonds is 1. The van der Waals surface area contributed by atoms with E-state index in [1.165, 1.54) is 12.5 Å². The summed E-state index contributed by atoms with van der Waals surface area (Å²) in [6, 6.07) is 0. The van der Waals surface area contributed by atoms with Crippen molar-refractivity contribution in [1.29, 1.82) is 0 Å². The van der Waals surface area contributed by atoms with E-state index in [2.05, 4.69) is 15.2 Å². The van der Waals surface area contributed by atoms with Crippen molar-refractivity contribution >= 4 is 11.6 Å². The molecule has 0 bridgehead atoms. The number of fused-ring (bicyclic) bond motifs is 1. The number of hydrogen-bond acceptors (Lipinski definition) is 4. The summed E-state index contributed by atoms with van der Waals surface area (Å²) >= 11 is 0. The fraction of sp³-hybridized carbons (Fsp3) is 0.143. The Balaban J connectivity index is 2.84. The minimum atomic E-state index is -0.550. The molecule has 0 aliphatic rings. The topological polar surface area (TPSA) is 86.2 Å². The SMILES string of the molecule is Cc1nnc2c(C(N)=O)cncn12. The van der Waals surface area contributed by atoms with Crippen molar-refractivity contribution in [2.75, 3.05) is 0 Å². The predicted molar refractivity (Wildman–Crippen MR) is 44.0 cm³/mol. The molecule has 0 fully saturated rings. The molecule has 0 aliphatic heterocycles. The molecular weight excluding hydrogens is 170 g/mol. The van der Waals surface area contributed by atoms with Crippen LogP contribution in [0.25, 0.3) is 5.65 Å². The molecule has 2 rings (SSSR count). The monoisotopic (exact) mass is 177 g/mol. The van der Waals surface area contributed by atoms with Gasteiger partial charge < -0.3 is 5.73 Å². The molecule has 0 unspecified atom stereocenters. The predicted octanol–water partition coefficient (Wildman–Crippen LogP) is -0.468. The number of hydrogen-bond donors (Lipinski definition) is 1. The van der Waals surface area contributed by atoms with Gasteiger partial charge in [-0.1, -0.05) is 0 Å². The quantitative estimate of drug-likeness (QED) is 0.638. The lowest BCUT2D eigenvalue weighted by atomic mass is 10.3. The molecule has 2 aromatic heterocycles. The van der Waals surface area contributed by atoms with Crippen molar-refractivity contribution in [1.82, 2.24) is 19.6 Å². The number of aryl methyl sites for hydroxylation is 1. The van der Waals surface area contributed by atoms with Crippen molar-refractivity contribution in [3.8, 4) is 0 Å². The van der Waals surface area contributed by atoms with Crippen LogP contribution in [0.3, 0.4) is 0 Å². The minimum Gasteiger partial charge on any atom is -0.365 e. The maximum absolute atomic E-state index is 10.9. The van der Waals surface area contributed by atoms with E-state index in [-0.39, 0.29) is 5.56 Å². The maximum Gasteiger partial charge on any atom is 0.254 e. The van der Waals surface area contributed by atoms with E-state index >= 15 is 0 Å². The van der Waals surface area contributed by atoms with E-state index in [1.807, 2.05) is 0 Å². The highest BCUT2D eigenvalue weighted by molar-refractivity contribution is 5.98. The molecule has 66 valence electrons. The number of carbonyl (C=O) groups excluding carboxylic acids is 1. The normalized spacial score (nSPS) is 10.5. The van der Waals surface area contributed by atoms with E-state index in [1.54, 1.807) is 11.3 Å².